The highest BCUT2D eigenvalue weighted by atomic mass is 79.9. The van der Waals surface area contributed by atoms with Crippen LogP contribution >= 0.6 is 15.9 Å². The molecule has 0 aliphatic carbocycles. The van der Waals surface area contributed by atoms with Crippen molar-refractivity contribution < 1.29 is 18.4 Å². The molecule has 4 nitrogen and oxygen atoms in total. The summed E-state index contributed by atoms with van der Waals surface area (Å²) in [6, 6.07) is 4.82. The number of fused-ring (bicyclic) bond motifs is 1. The molecule has 0 N–H and O–H groups in total. The summed E-state index contributed by atoms with van der Waals surface area (Å²) in [7, 11) is 0. The van der Waals surface area contributed by atoms with Gasteiger partial charge < -0.3 is 0 Å². The maximum absolute atomic E-state index is 13.9. The zero-order valence-corrected chi connectivity index (χ0v) is 11.3. The molecule has 3 rings (SSSR count). The van der Waals surface area contributed by atoms with E-state index in [1.807, 2.05) is 0 Å². The van der Waals surface area contributed by atoms with Gasteiger partial charge in [0.15, 0.2) is 11.6 Å². The molecular weight excluding hydrogens is 334 g/mol. The summed E-state index contributed by atoms with van der Waals surface area (Å²) in [6.07, 6.45) is 1.34. The van der Waals surface area contributed by atoms with Gasteiger partial charge in [-0.3, -0.25) is 14.6 Å². The van der Waals surface area contributed by atoms with Crippen molar-refractivity contribution in [1.82, 2.24) is 4.98 Å². The van der Waals surface area contributed by atoms with Crippen molar-refractivity contribution in [2.75, 3.05) is 4.90 Å². The van der Waals surface area contributed by atoms with Gasteiger partial charge in [-0.1, -0.05) is 15.9 Å². The molecular formula is C13H5BrF2N2O2. The fourth-order valence-electron chi connectivity index (χ4n) is 2.02. The van der Waals surface area contributed by atoms with E-state index < -0.39 is 29.1 Å². The Hall–Kier alpha value is -2.15. The minimum absolute atomic E-state index is 0.0271. The monoisotopic (exact) mass is 338 g/mol. The topological polar surface area (TPSA) is 50.3 Å². The van der Waals surface area contributed by atoms with Crippen LogP contribution < -0.4 is 4.90 Å². The van der Waals surface area contributed by atoms with Gasteiger partial charge in [-0.05, 0) is 24.3 Å². The van der Waals surface area contributed by atoms with Crippen LogP contribution in [0.15, 0.2) is 34.9 Å². The van der Waals surface area contributed by atoms with Gasteiger partial charge >= 0.3 is 0 Å². The largest absolute Gasteiger partial charge is 0.284 e. The van der Waals surface area contributed by atoms with Crippen LogP contribution in [-0.2, 0) is 0 Å². The van der Waals surface area contributed by atoms with E-state index in [0.717, 1.165) is 12.1 Å². The molecule has 2 heterocycles. The van der Waals surface area contributed by atoms with E-state index in [1.54, 1.807) is 0 Å². The van der Waals surface area contributed by atoms with Crippen molar-refractivity contribution in [1.29, 1.82) is 0 Å². The zero-order chi connectivity index (χ0) is 14.4. The van der Waals surface area contributed by atoms with Crippen molar-refractivity contribution in [3.8, 4) is 0 Å². The number of nitrogens with zero attached hydrogens (tertiary/aromatic N) is 2. The second-order valence-corrected chi connectivity index (χ2v) is 4.98. The summed E-state index contributed by atoms with van der Waals surface area (Å²) in [6.45, 7) is 0. The first-order valence-corrected chi connectivity index (χ1v) is 6.28. The van der Waals surface area contributed by atoms with Crippen LogP contribution in [0, 0.1) is 11.6 Å². The number of rotatable bonds is 1. The third-order valence-corrected chi connectivity index (χ3v) is 3.31. The maximum atomic E-state index is 13.9. The SMILES string of the molecule is O=C1c2cccnc2C(=O)N1c1c(F)cc(Br)cc1F. The Balaban J connectivity index is 2.19. The van der Waals surface area contributed by atoms with Crippen LogP contribution in [0.3, 0.4) is 0 Å². The summed E-state index contributed by atoms with van der Waals surface area (Å²) in [5.74, 6) is -3.65. The fraction of sp³-hybridized carbons (Fsp3) is 0. The second-order valence-electron chi connectivity index (χ2n) is 4.06. The molecule has 0 saturated carbocycles. The third kappa shape index (κ3) is 1.74. The lowest BCUT2D eigenvalue weighted by molar-refractivity contribution is 0.0922. The predicted molar refractivity (Wildman–Crippen MR) is 69.4 cm³/mol. The Morgan fingerprint density at radius 2 is 1.75 bits per heavy atom. The van der Waals surface area contributed by atoms with Crippen molar-refractivity contribution in [2.24, 2.45) is 0 Å². The molecule has 1 aliphatic heterocycles. The van der Waals surface area contributed by atoms with Crippen LogP contribution in [0.4, 0.5) is 14.5 Å². The van der Waals surface area contributed by atoms with E-state index in [1.165, 1.54) is 18.3 Å². The average molecular weight is 339 g/mol. The number of halogens is 3. The van der Waals surface area contributed by atoms with E-state index in [4.69, 9.17) is 0 Å². The Labute approximate surface area is 120 Å². The standard InChI is InChI=1S/C13H5BrF2N2O2/c14-6-4-8(15)11(9(16)5-6)18-12(19)7-2-1-3-17-10(7)13(18)20/h1-5H. The highest BCUT2D eigenvalue weighted by Gasteiger charge is 2.40. The number of carbonyl (C=O) groups excluding carboxylic acids is 2. The summed E-state index contributed by atoms with van der Waals surface area (Å²) < 4.78 is 28.0. The number of hydrogen-bond donors (Lipinski definition) is 0. The molecule has 0 atom stereocenters. The minimum atomic E-state index is -1.01. The first-order valence-electron chi connectivity index (χ1n) is 5.49. The molecule has 100 valence electrons. The molecule has 1 aromatic carbocycles. The van der Waals surface area contributed by atoms with E-state index in [-0.39, 0.29) is 15.7 Å². The number of pyridine rings is 1. The van der Waals surface area contributed by atoms with E-state index in [9.17, 15) is 18.4 Å². The van der Waals surface area contributed by atoms with Gasteiger partial charge in [0.25, 0.3) is 11.8 Å². The Morgan fingerprint density at radius 3 is 2.35 bits per heavy atom. The van der Waals surface area contributed by atoms with Crippen molar-refractivity contribution in [3.63, 3.8) is 0 Å². The Bertz CT molecular complexity index is 706. The van der Waals surface area contributed by atoms with Gasteiger partial charge in [-0.25, -0.2) is 13.7 Å². The van der Waals surface area contributed by atoms with Crippen LogP contribution in [0.2, 0.25) is 0 Å². The van der Waals surface area contributed by atoms with Crippen molar-refractivity contribution >= 4 is 33.4 Å². The molecule has 0 unspecified atom stereocenters. The van der Waals surface area contributed by atoms with Crippen molar-refractivity contribution in [2.45, 2.75) is 0 Å². The predicted octanol–water partition coefficient (Wildman–Crippen LogP) is 2.92. The summed E-state index contributed by atoms with van der Waals surface area (Å²) in [5, 5.41) is 0. The highest BCUT2D eigenvalue weighted by molar-refractivity contribution is 9.10. The first-order chi connectivity index (χ1) is 9.50. The van der Waals surface area contributed by atoms with Crippen LogP contribution in [0.5, 0.6) is 0 Å². The summed E-state index contributed by atoms with van der Waals surface area (Å²) in [4.78, 5) is 28.5. The molecule has 1 aromatic heterocycles. The quantitative estimate of drug-likeness (QED) is 0.751. The fourth-order valence-corrected chi connectivity index (χ4v) is 2.42. The number of carbonyl (C=O) groups is 2. The zero-order valence-electron chi connectivity index (χ0n) is 9.73. The third-order valence-electron chi connectivity index (χ3n) is 2.85. The number of benzene rings is 1. The number of amides is 2. The van der Waals surface area contributed by atoms with Gasteiger partial charge in [0.2, 0.25) is 0 Å². The molecule has 2 aromatic rings. The minimum Gasteiger partial charge on any atom is -0.268 e. The number of hydrogen-bond acceptors (Lipinski definition) is 3. The van der Waals surface area contributed by atoms with Crippen LogP contribution in [0.25, 0.3) is 0 Å². The molecule has 2 amide bonds. The van der Waals surface area contributed by atoms with Gasteiger partial charge in [-0.15, -0.1) is 0 Å². The Morgan fingerprint density at radius 1 is 1.10 bits per heavy atom. The van der Waals surface area contributed by atoms with Crippen LogP contribution in [-0.4, -0.2) is 16.8 Å². The van der Waals surface area contributed by atoms with Gasteiger partial charge in [-0.2, -0.15) is 0 Å². The lowest BCUT2D eigenvalue weighted by Gasteiger charge is -2.15. The van der Waals surface area contributed by atoms with Crippen molar-refractivity contribution in [3.05, 3.63) is 57.8 Å². The molecule has 7 heteroatoms. The molecule has 0 radical (unpaired) electrons. The number of aromatic nitrogens is 1. The second kappa shape index (κ2) is 4.45. The van der Waals surface area contributed by atoms with Gasteiger partial charge in [0.1, 0.15) is 11.4 Å². The maximum Gasteiger partial charge on any atom is 0.284 e. The molecule has 1 aliphatic rings. The molecule has 0 spiro atoms. The highest BCUT2D eigenvalue weighted by Crippen LogP contribution is 2.32. The Kier molecular flexibility index (Phi) is 2.86. The smallest absolute Gasteiger partial charge is 0.268 e. The lowest BCUT2D eigenvalue weighted by Crippen LogP contribution is -2.31. The van der Waals surface area contributed by atoms with Gasteiger partial charge in [0.05, 0.1) is 5.56 Å². The lowest BCUT2D eigenvalue weighted by atomic mass is 10.2. The van der Waals surface area contributed by atoms with E-state index in [2.05, 4.69) is 20.9 Å². The van der Waals surface area contributed by atoms with E-state index in [0.29, 0.717) is 4.90 Å². The first kappa shape index (κ1) is 12.9. The normalized spacial score (nSPS) is 13.8. The summed E-state index contributed by atoms with van der Waals surface area (Å²) in [5.41, 5.74) is -0.778. The molecule has 0 saturated heterocycles. The van der Waals surface area contributed by atoms with E-state index >= 15 is 0 Å². The molecule has 20 heavy (non-hydrogen) atoms. The summed E-state index contributed by atoms with van der Waals surface area (Å²) >= 11 is 2.93. The average Bonchev–Trinajstić information content (AvgIpc) is 2.64. The molecule has 0 bridgehead atoms. The van der Waals surface area contributed by atoms with Gasteiger partial charge in [0, 0.05) is 10.7 Å². The van der Waals surface area contributed by atoms with Crippen LogP contribution in [0.1, 0.15) is 20.8 Å². The number of imide groups is 1. The molecule has 0 fully saturated rings. The number of anilines is 1.